The molecule has 0 fully saturated rings. The molecular formula is C15H15ClN2O3. The average Bonchev–Trinajstić information content (AvgIpc) is 2.49. The number of carbonyl (C=O) groups is 1. The zero-order chi connectivity index (χ0) is 15.4. The van der Waals surface area contributed by atoms with Gasteiger partial charge in [-0.05, 0) is 30.3 Å². The smallest absolute Gasteiger partial charge is 0.255 e. The highest BCUT2D eigenvalue weighted by molar-refractivity contribution is 6.34. The van der Waals surface area contributed by atoms with Crippen molar-refractivity contribution >= 4 is 28.9 Å². The first-order valence-corrected chi connectivity index (χ1v) is 6.51. The number of anilines is 2. The number of rotatable bonds is 4. The van der Waals surface area contributed by atoms with Gasteiger partial charge in [0.2, 0.25) is 0 Å². The summed E-state index contributed by atoms with van der Waals surface area (Å²) in [5, 5.41) is 3.15. The Morgan fingerprint density at radius 2 is 1.90 bits per heavy atom. The fraction of sp³-hybridized carbons (Fsp3) is 0.133. The molecule has 0 atom stereocenters. The van der Waals surface area contributed by atoms with Crippen molar-refractivity contribution in [3.63, 3.8) is 0 Å². The maximum atomic E-state index is 12.2. The molecule has 3 N–H and O–H groups in total. The summed E-state index contributed by atoms with van der Waals surface area (Å²) in [5.41, 5.74) is 7.07. The van der Waals surface area contributed by atoms with Gasteiger partial charge in [-0.25, -0.2) is 0 Å². The van der Waals surface area contributed by atoms with Gasteiger partial charge in [0.25, 0.3) is 5.91 Å². The van der Waals surface area contributed by atoms with Crippen LogP contribution in [0.2, 0.25) is 5.02 Å². The quantitative estimate of drug-likeness (QED) is 0.851. The third-order valence-corrected chi connectivity index (χ3v) is 3.25. The van der Waals surface area contributed by atoms with Gasteiger partial charge in [0.15, 0.2) is 0 Å². The highest BCUT2D eigenvalue weighted by Crippen LogP contribution is 2.28. The topological polar surface area (TPSA) is 73.6 Å². The number of hydrogen-bond donors (Lipinski definition) is 2. The molecule has 21 heavy (non-hydrogen) atoms. The van der Waals surface area contributed by atoms with Gasteiger partial charge >= 0.3 is 0 Å². The number of amides is 1. The SMILES string of the molecule is COc1ccc(Cl)c(NC(=O)c2ccc(N)c(OC)c2)c1. The summed E-state index contributed by atoms with van der Waals surface area (Å²) in [6, 6.07) is 9.81. The van der Waals surface area contributed by atoms with Crippen LogP contribution >= 0.6 is 11.6 Å². The molecule has 0 aliphatic carbocycles. The maximum Gasteiger partial charge on any atom is 0.255 e. The Kier molecular flexibility index (Phi) is 4.55. The Morgan fingerprint density at radius 1 is 1.14 bits per heavy atom. The Balaban J connectivity index is 2.25. The van der Waals surface area contributed by atoms with Crippen molar-refractivity contribution in [1.29, 1.82) is 0 Å². The molecule has 5 nitrogen and oxygen atoms in total. The number of methoxy groups -OCH3 is 2. The van der Waals surface area contributed by atoms with Crippen molar-refractivity contribution in [1.82, 2.24) is 0 Å². The van der Waals surface area contributed by atoms with Gasteiger partial charge in [0, 0.05) is 11.6 Å². The molecule has 1 amide bonds. The van der Waals surface area contributed by atoms with E-state index in [-0.39, 0.29) is 5.91 Å². The molecule has 0 saturated heterocycles. The van der Waals surface area contributed by atoms with Gasteiger partial charge in [-0.1, -0.05) is 11.6 Å². The molecule has 0 heterocycles. The minimum atomic E-state index is -0.316. The first-order chi connectivity index (χ1) is 10.0. The van der Waals surface area contributed by atoms with E-state index in [0.717, 1.165) is 0 Å². The van der Waals surface area contributed by atoms with Crippen LogP contribution in [0.25, 0.3) is 0 Å². The molecular weight excluding hydrogens is 292 g/mol. The van der Waals surface area contributed by atoms with Crippen LogP contribution < -0.4 is 20.5 Å². The summed E-state index contributed by atoms with van der Waals surface area (Å²) in [7, 11) is 3.03. The summed E-state index contributed by atoms with van der Waals surface area (Å²) >= 11 is 6.05. The monoisotopic (exact) mass is 306 g/mol. The number of nitrogens with one attached hydrogen (secondary N) is 1. The van der Waals surface area contributed by atoms with E-state index in [2.05, 4.69) is 5.32 Å². The van der Waals surface area contributed by atoms with Gasteiger partial charge in [-0.15, -0.1) is 0 Å². The normalized spacial score (nSPS) is 10.0. The van der Waals surface area contributed by atoms with E-state index in [0.29, 0.717) is 33.5 Å². The molecule has 110 valence electrons. The number of nitrogen functional groups attached to an aromatic ring is 1. The zero-order valence-corrected chi connectivity index (χ0v) is 12.4. The van der Waals surface area contributed by atoms with Crippen molar-refractivity contribution in [2.24, 2.45) is 0 Å². The van der Waals surface area contributed by atoms with Crippen LogP contribution in [0.15, 0.2) is 36.4 Å². The van der Waals surface area contributed by atoms with Crippen molar-refractivity contribution in [3.8, 4) is 11.5 Å². The molecule has 0 spiro atoms. The third-order valence-electron chi connectivity index (χ3n) is 2.92. The van der Waals surface area contributed by atoms with Crippen LogP contribution in [0.3, 0.4) is 0 Å². The molecule has 0 aliphatic rings. The fourth-order valence-electron chi connectivity index (χ4n) is 1.77. The summed E-state index contributed by atoms with van der Waals surface area (Å²) < 4.78 is 10.2. The summed E-state index contributed by atoms with van der Waals surface area (Å²) in [6.07, 6.45) is 0. The van der Waals surface area contributed by atoms with Crippen LogP contribution in [-0.2, 0) is 0 Å². The number of carbonyl (C=O) groups excluding carboxylic acids is 1. The van der Waals surface area contributed by atoms with Crippen LogP contribution in [-0.4, -0.2) is 20.1 Å². The highest BCUT2D eigenvalue weighted by atomic mass is 35.5. The Morgan fingerprint density at radius 3 is 2.57 bits per heavy atom. The van der Waals surface area contributed by atoms with E-state index < -0.39 is 0 Å². The van der Waals surface area contributed by atoms with E-state index in [1.807, 2.05) is 0 Å². The van der Waals surface area contributed by atoms with Crippen molar-refractivity contribution < 1.29 is 14.3 Å². The van der Waals surface area contributed by atoms with Crippen LogP contribution in [0.4, 0.5) is 11.4 Å². The first kappa shape index (κ1) is 15.0. The van der Waals surface area contributed by atoms with Gasteiger partial charge in [-0.2, -0.15) is 0 Å². The summed E-state index contributed by atoms with van der Waals surface area (Å²) in [5.74, 6) is 0.729. The van der Waals surface area contributed by atoms with Crippen LogP contribution in [0.1, 0.15) is 10.4 Å². The third kappa shape index (κ3) is 3.38. The van der Waals surface area contributed by atoms with Crippen molar-refractivity contribution in [2.45, 2.75) is 0 Å². The number of benzene rings is 2. The first-order valence-electron chi connectivity index (χ1n) is 6.13. The Bertz CT molecular complexity index is 674. The molecule has 2 aromatic carbocycles. The predicted molar refractivity (Wildman–Crippen MR) is 83.4 cm³/mol. The summed E-state index contributed by atoms with van der Waals surface area (Å²) in [4.78, 5) is 12.2. The number of hydrogen-bond acceptors (Lipinski definition) is 4. The Hall–Kier alpha value is -2.40. The lowest BCUT2D eigenvalue weighted by molar-refractivity contribution is 0.102. The molecule has 0 unspecified atom stereocenters. The minimum Gasteiger partial charge on any atom is -0.497 e. The van der Waals surface area contributed by atoms with Gasteiger partial charge < -0.3 is 20.5 Å². The molecule has 0 bridgehead atoms. The molecule has 0 saturated carbocycles. The van der Waals surface area contributed by atoms with Crippen LogP contribution in [0.5, 0.6) is 11.5 Å². The zero-order valence-electron chi connectivity index (χ0n) is 11.6. The second-order valence-corrected chi connectivity index (χ2v) is 4.66. The lowest BCUT2D eigenvalue weighted by Gasteiger charge is -2.10. The summed E-state index contributed by atoms with van der Waals surface area (Å²) in [6.45, 7) is 0. The molecule has 2 aromatic rings. The van der Waals surface area contributed by atoms with Crippen LogP contribution in [0, 0.1) is 0 Å². The Labute approximate surface area is 127 Å². The molecule has 2 rings (SSSR count). The maximum absolute atomic E-state index is 12.2. The van der Waals surface area contributed by atoms with E-state index in [1.54, 1.807) is 43.5 Å². The fourth-order valence-corrected chi connectivity index (χ4v) is 1.94. The molecule has 0 radical (unpaired) electrons. The average molecular weight is 307 g/mol. The highest BCUT2D eigenvalue weighted by Gasteiger charge is 2.11. The second kappa shape index (κ2) is 6.37. The van der Waals surface area contributed by atoms with Crippen molar-refractivity contribution in [2.75, 3.05) is 25.3 Å². The van der Waals surface area contributed by atoms with Crippen molar-refractivity contribution in [3.05, 3.63) is 47.0 Å². The largest absolute Gasteiger partial charge is 0.497 e. The number of ether oxygens (including phenoxy) is 2. The molecule has 0 aromatic heterocycles. The molecule has 0 aliphatic heterocycles. The van der Waals surface area contributed by atoms with E-state index in [9.17, 15) is 4.79 Å². The number of halogens is 1. The van der Waals surface area contributed by atoms with Gasteiger partial charge in [-0.3, -0.25) is 4.79 Å². The van der Waals surface area contributed by atoms with Gasteiger partial charge in [0.1, 0.15) is 11.5 Å². The van der Waals surface area contributed by atoms with Gasteiger partial charge in [0.05, 0.1) is 30.6 Å². The van der Waals surface area contributed by atoms with E-state index in [1.165, 1.54) is 7.11 Å². The number of nitrogens with two attached hydrogens (primary N) is 1. The lowest BCUT2D eigenvalue weighted by atomic mass is 10.1. The minimum absolute atomic E-state index is 0.316. The second-order valence-electron chi connectivity index (χ2n) is 4.26. The standard InChI is InChI=1S/C15H15ClN2O3/c1-20-10-4-5-11(16)13(8-10)18-15(19)9-3-6-12(17)14(7-9)21-2/h3-8H,17H2,1-2H3,(H,18,19). The predicted octanol–water partition coefficient (Wildman–Crippen LogP) is 3.19. The van der Waals surface area contributed by atoms with E-state index >= 15 is 0 Å². The van der Waals surface area contributed by atoms with E-state index in [4.69, 9.17) is 26.8 Å². The molecule has 6 heteroatoms. The lowest BCUT2D eigenvalue weighted by Crippen LogP contribution is -2.12.